The van der Waals surface area contributed by atoms with Crippen LogP contribution in [0, 0.1) is 0 Å². The van der Waals surface area contributed by atoms with Gasteiger partial charge in [0.25, 0.3) is 5.91 Å². The fraction of sp³-hybridized carbons (Fsp3) is 0.318. The lowest BCUT2D eigenvalue weighted by atomic mass is 10.2. The molecule has 1 aliphatic heterocycles. The van der Waals surface area contributed by atoms with Gasteiger partial charge in [0.15, 0.2) is 5.11 Å². The smallest absolute Gasteiger partial charge is 0.257 e. The van der Waals surface area contributed by atoms with Crippen molar-refractivity contribution in [1.29, 1.82) is 0 Å². The van der Waals surface area contributed by atoms with Gasteiger partial charge < -0.3 is 19.9 Å². The lowest BCUT2D eigenvalue weighted by molar-refractivity contribution is -0.131. The maximum atomic E-state index is 12.4. The first-order valence-corrected chi connectivity index (χ1v) is 11.3. The Balaban J connectivity index is 1.58. The summed E-state index contributed by atoms with van der Waals surface area (Å²) >= 11 is 17.8. The zero-order valence-electron chi connectivity index (χ0n) is 17.8. The van der Waals surface area contributed by atoms with Crippen LogP contribution in [0.1, 0.15) is 23.7 Å². The van der Waals surface area contributed by atoms with Crippen LogP contribution in [0.15, 0.2) is 36.4 Å². The summed E-state index contributed by atoms with van der Waals surface area (Å²) in [5.74, 6) is 0.258. The molecule has 0 spiro atoms. The third-order valence-electron chi connectivity index (χ3n) is 5.12. The molecule has 0 atom stereocenters. The summed E-state index contributed by atoms with van der Waals surface area (Å²) in [6, 6.07) is 10.2. The summed E-state index contributed by atoms with van der Waals surface area (Å²) in [6.07, 6.45) is 0.517. The van der Waals surface area contributed by atoms with Gasteiger partial charge in [-0.15, -0.1) is 0 Å². The van der Waals surface area contributed by atoms with Crippen LogP contribution in [0.25, 0.3) is 0 Å². The monoisotopic (exact) mass is 494 g/mol. The van der Waals surface area contributed by atoms with E-state index in [-0.39, 0.29) is 11.0 Å². The standard InChI is InChI=1S/C22H24Cl2N4O3S/c1-3-20(29)28-10-8-27(9-11-28)18-6-5-15(13-16(18)23)25-22(32)26-21(30)14-4-7-19(31-2)17(24)12-14/h4-7,12-13H,3,8-11H2,1-2H3,(H2,25,26,30,32). The number of carbonyl (C=O) groups is 2. The van der Waals surface area contributed by atoms with Gasteiger partial charge >= 0.3 is 0 Å². The van der Waals surface area contributed by atoms with E-state index >= 15 is 0 Å². The zero-order valence-corrected chi connectivity index (χ0v) is 20.1. The largest absolute Gasteiger partial charge is 0.495 e. The third kappa shape index (κ3) is 5.82. The Hall–Kier alpha value is -2.55. The van der Waals surface area contributed by atoms with Crippen molar-refractivity contribution in [3.63, 3.8) is 0 Å². The molecule has 1 heterocycles. The summed E-state index contributed by atoms with van der Waals surface area (Å²) in [5.41, 5.74) is 1.90. The number of nitrogens with one attached hydrogen (secondary N) is 2. The van der Waals surface area contributed by atoms with Crippen LogP contribution >= 0.6 is 35.4 Å². The highest BCUT2D eigenvalue weighted by Gasteiger charge is 2.21. The van der Waals surface area contributed by atoms with Crippen LogP contribution in [-0.4, -0.2) is 55.1 Å². The normalized spacial score (nSPS) is 13.5. The predicted octanol–water partition coefficient (Wildman–Crippen LogP) is 4.19. The van der Waals surface area contributed by atoms with Gasteiger partial charge in [0.2, 0.25) is 5.91 Å². The highest BCUT2D eigenvalue weighted by Crippen LogP contribution is 2.30. The number of methoxy groups -OCH3 is 1. The number of piperazine rings is 1. The first-order chi connectivity index (χ1) is 15.3. The first-order valence-electron chi connectivity index (χ1n) is 10.1. The van der Waals surface area contributed by atoms with Crippen LogP contribution in [0.5, 0.6) is 5.75 Å². The summed E-state index contributed by atoms with van der Waals surface area (Å²) in [6.45, 7) is 4.66. The second kappa shape index (κ2) is 10.8. The summed E-state index contributed by atoms with van der Waals surface area (Å²) in [5, 5.41) is 6.61. The molecule has 0 aromatic heterocycles. The molecule has 1 fully saturated rings. The number of nitrogens with zero attached hydrogens (tertiary/aromatic N) is 2. The number of thiocarbonyl (C=S) groups is 1. The molecule has 2 aromatic carbocycles. The van der Waals surface area contributed by atoms with Gasteiger partial charge in [-0.25, -0.2) is 0 Å². The van der Waals surface area contributed by atoms with Crippen LogP contribution in [0.2, 0.25) is 10.0 Å². The number of hydrogen-bond donors (Lipinski definition) is 2. The van der Waals surface area contributed by atoms with Gasteiger partial charge in [-0.1, -0.05) is 30.1 Å². The number of benzene rings is 2. The van der Waals surface area contributed by atoms with Crippen molar-refractivity contribution in [2.24, 2.45) is 0 Å². The number of hydrogen-bond acceptors (Lipinski definition) is 5. The topological polar surface area (TPSA) is 73.9 Å². The maximum absolute atomic E-state index is 12.4. The number of carbonyl (C=O) groups excluding carboxylic acids is 2. The summed E-state index contributed by atoms with van der Waals surface area (Å²) in [7, 11) is 1.50. The highest BCUT2D eigenvalue weighted by molar-refractivity contribution is 7.80. The fourth-order valence-electron chi connectivity index (χ4n) is 3.41. The molecule has 0 unspecified atom stereocenters. The second-order valence-electron chi connectivity index (χ2n) is 7.15. The molecule has 7 nitrogen and oxygen atoms in total. The molecule has 2 N–H and O–H groups in total. The van der Waals surface area contributed by atoms with E-state index in [9.17, 15) is 9.59 Å². The lowest BCUT2D eigenvalue weighted by Gasteiger charge is -2.36. The molecule has 0 radical (unpaired) electrons. The Labute approximate surface area is 202 Å². The molecular formula is C22H24Cl2N4O3S. The average molecular weight is 495 g/mol. The maximum Gasteiger partial charge on any atom is 0.257 e. The molecule has 1 saturated heterocycles. The first kappa shape index (κ1) is 24.1. The van der Waals surface area contributed by atoms with E-state index in [0.29, 0.717) is 46.6 Å². The van der Waals surface area contributed by atoms with E-state index in [1.54, 1.807) is 18.2 Å². The van der Waals surface area contributed by atoms with Gasteiger partial charge in [-0.05, 0) is 48.6 Å². The molecule has 170 valence electrons. The summed E-state index contributed by atoms with van der Waals surface area (Å²) in [4.78, 5) is 28.3. The zero-order chi connectivity index (χ0) is 23.3. The van der Waals surface area contributed by atoms with Crippen molar-refractivity contribution in [2.45, 2.75) is 13.3 Å². The molecule has 0 bridgehead atoms. The average Bonchev–Trinajstić information content (AvgIpc) is 2.78. The Morgan fingerprint density at radius 2 is 1.78 bits per heavy atom. The molecule has 0 aliphatic carbocycles. The van der Waals surface area contributed by atoms with Crippen LogP contribution in [-0.2, 0) is 4.79 Å². The number of amides is 2. The quantitative estimate of drug-likeness (QED) is 0.607. The third-order valence-corrected chi connectivity index (χ3v) is 5.92. The second-order valence-corrected chi connectivity index (χ2v) is 8.37. The van der Waals surface area contributed by atoms with Gasteiger partial charge in [0.1, 0.15) is 5.75 Å². The number of ether oxygens (including phenoxy) is 1. The number of anilines is 2. The SMILES string of the molecule is CCC(=O)N1CCN(c2ccc(NC(=S)NC(=O)c3ccc(OC)c(Cl)c3)cc2Cl)CC1. The van der Waals surface area contributed by atoms with E-state index in [1.165, 1.54) is 13.2 Å². The molecule has 0 saturated carbocycles. The van der Waals surface area contributed by atoms with E-state index < -0.39 is 5.91 Å². The van der Waals surface area contributed by atoms with Crippen molar-refractivity contribution in [3.05, 3.63) is 52.0 Å². The van der Waals surface area contributed by atoms with E-state index in [2.05, 4.69) is 15.5 Å². The van der Waals surface area contributed by atoms with Gasteiger partial charge in [0.05, 0.1) is 22.8 Å². The molecule has 32 heavy (non-hydrogen) atoms. The van der Waals surface area contributed by atoms with E-state index in [1.807, 2.05) is 24.0 Å². The van der Waals surface area contributed by atoms with Crippen LogP contribution in [0.3, 0.4) is 0 Å². The lowest BCUT2D eigenvalue weighted by Crippen LogP contribution is -2.48. The van der Waals surface area contributed by atoms with E-state index in [0.717, 1.165) is 18.8 Å². The Bertz CT molecular complexity index is 1030. The molecule has 10 heteroatoms. The molecule has 1 aliphatic rings. The molecule has 2 amide bonds. The Kier molecular flexibility index (Phi) is 8.17. The predicted molar refractivity (Wildman–Crippen MR) is 132 cm³/mol. The van der Waals surface area contributed by atoms with Crippen molar-refractivity contribution >= 4 is 63.7 Å². The van der Waals surface area contributed by atoms with Gasteiger partial charge in [-0.2, -0.15) is 0 Å². The minimum Gasteiger partial charge on any atom is -0.495 e. The van der Waals surface area contributed by atoms with E-state index in [4.69, 9.17) is 40.2 Å². The minimum absolute atomic E-state index is 0.137. The Morgan fingerprint density at radius 3 is 2.38 bits per heavy atom. The van der Waals surface area contributed by atoms with Gasteiger partial charge in [-0.3, -0.25) is 14.9 Å². The van der Waals surface area contributed by atoms with Crippen molar-refractivity contribution in [3.8, 4) is 5.75 Å². The summed E-state index contributed by atoms with van der Waals surface area (Å²) < 4.78 is 5.09. The van der Waals surface area contributed by atoms with Gasteiger partial charge in [0, 0.05) is 43.9 Å². The highest BCUT2D eigenvalue weighted by atomic mass is 35.5. The molecule has 2 aromatic rings. The Morgan fingerprint density at radius 1 is 1.06 bits per heavy atom. The number of halogens is 2. The minimum atomic E-state index is -0.394. The van der Waals surface area contributed by atoms with Crippen LogP contribution in [0.4, 0.5) is 11.4 Å². The fourth-order valence-corrected chi connectivity index (χ4v) is 4.18. The van der Waals surface area contributed by atoms with Crippen molar-refractivity contribution in [2.75, 3.05) is 43.5 Å². The number of rotatable bonds is 5. The van der Waals surface area contributed by atoms with Crippen molar-refractivity contribution < 1.29 is 14.3 Å². The van der Waals surface area contributed by atoms with Crippen LogP contribution < -0.4 is 20.3 Å². The molecule has 3 rings (SSSR count). The van der Waals surface area contributed by atoms with Crippen molar-refractivity contribution in [1.82, 2.24) is 10.2 Å². The molecular weight excluding hydrogens is 471 g/mol.